The van der Waals surface area contributed by atoms with Crippen LogP contribution in [0.15, 0.2) is 144 Å². The molecule has 190 valence electrons. The van der Waals surface area contributed by atoms with E-state index in [4.69, 9.17) is 0 Å². The van der Waals surface area contributed by atoms with Crippen LogP contribution in [0.2, 0.25) is 0 Å². The second-order valence-corrected chi connectivity index (χ2v) is 11.7. The van der Waals surface area contributed by atoms with Crippen LogP contribution in [0.25, 0.3) is 38.6 Å². The van der Waals surface area contributed by atoms with Gasteiger partial charge in [0, 0.05) is 20.9 Å². The number of fused-ring (bicyclic) bond motifs is 6. The van der Waals surface area contributed by atoms with Gasteiger partial charge in [-0.3, -0.25) is 0 Å². The predicted molar refractivity (Wildman–Crippen MR) is 171 cm³/mol. The van der Waals surface area contributed by atoms with E-state index in [1.165, 1.54) is 60.8 Å². The van der Waals surface area contributed by atoms with Crippen molar-refractivity contribution in [3.63, 3.8) is 0 Å². The molecule has 1 unspecified atom stereocenters. The van der Waals surface area contributed by atoms with E-state index in [2.05, 4.69) is 167 Å². The van der Waals surface area contributed by atoms with Gasteiger partial charge < -0.3 is 4.57 Å². The summed E-state index contributed by atoms with van der Waals surface area (Å²) in [6.45, 7) is 2.19. The summed E-state index contributed by atoms with van der Waals surface area (Å²) in [5.74, 6) is 0. The summed E-state index contributed by atoms with van der Waals surface area (Å²) in [5.41, 5.74) is 12.3. The normalized spacial score (nSPS) is 15.8. The Morgan fingerprint density at radius 1 is 0.525 bits per heavy atom. The number of aromatic nitrogens is 1. The molecule has 0 saturated carbocycles. The number of para-hydroxylation sites is 1. The van der Waals surface area contributed by atoms with Gasteiger partial charge in [0.2, 0.25) is 0 Å². The molecule has 0 bridgehead atoms. The Kier molecular flexibility index (Phi) is 5.17. The molecule has 1 aliphatic carbocycles. The fourth-order valence-electron chi connectivity index (χ4n) is 6.97. The molecule has 6 aromatic carbocycles. The van der Waals surface area contributed by atoms with E-state index in [0.717, 1.165) is 10.2 Å². The molecular formula is C38H26BrN. The molecule has 0 saturated heterocycles. The number of nitrogens with zero attached hydrogens (tertiary/aromatic N) is 1. The number of aryl methyl sites for hydroxylation is 1. The van der Waals surface area contributed by atoms with Crippen LogP contribution in [-0.4, -0.2) is 4.57 Å². The zero-order valence-corrected chi connectivity index (χ0v) is 23.7. The van der Waals surface area contributed by atoms with Crippen molar-refractivity contribution in [1.29, 1.82) is 0 Å². The fraction of sp³-hybridized carbons (Fsp3) is 0.0526. The average molecular weight is 577 g/mol. The molecule has 0 N–H and O–H groups in total. The lowest BCUT2D eigenvalue weighted by Crippen LogP contribution is -2.28. The Morgan fingerprint density at radius 2 is 1.27 bits per heavy atom. The lowest BCUT2D eigenvalue weighted by molar-refractivity contribution is 0.769. The van der Waals surface area contributed by atoms with Gasteiger partial charge in [-0.2, -0.15) is 0 Å². The van der Waals surface area contributed by atoms with E-state index in [9.17, 15) is 0 Å². The highest BCUT2D eigenvalue weighted by atomic mass is 79.9. The first-order valence-corrected chi connectivity index (χ1v) is 14.5. The van der Waals surface area contributed by atoms with E-state index < -0.39 is 5.41 Å². The number of benzene rings is 6. The molecule has 40 heavy (non-hydrogen) atoms. The summed E-state index contributed by atoms with van der Waals surface area (Å²) < 4.78 is 3.48. The Bertz CT molecular complexity index is 2090. The molecule has 0 radical (unpaired) electrons. The van der Waals surface area contributed by atoms with Crippen molar-refractivity contribution < 1.29 is 0 Å². The summed E-state index contributed by atoms with van der Waals surface area (Å²) in [5, 5.41) is 2.53. The van der Waals surface area contributed by atoms with Crippen LogP contribution in [0.4, 0.5) is 0 Å². The SMILES string of the molecule is Cc1ccc2c(c1)-c1ccccc1C2(c1ccccc1)c1ccc2c3ccccc3n(-c3cccc(Br)c3)c2c1. The first-order chi connectivity index (χ1) is 19.7. The van der Waals surface area contributed by atoms with E-state index >= 15 is 0 Å². The first-order valence-electron chi connectivity index (χ1n) is 13.7. The van der Waals surface area contributed by atoms with Crippen molar-refractivity contribution in [3.05, 3.63) is 172 Å². The van der Waals surface area contributed by atoms with Crippen LogP contribution >= 0.6 is 15.9 Å². The zero-order chi connectivity index (χ0) is 26.8. The minimum Gasteiger partial charge on any atom is -0.309 e. The van der Waals surface area contributed by atoms with Crippen LogP contribution in [0.1, 0.15) is 27.8 Å². The molecule has 1 aromatic heterocycles. The standard InChI is InChI=1S/C38H26BrN/c1-25-18-21-35-33(22-25)30-14-5-7-16-34(30)38(35,26-10-3-2-4-11-26)27-19-20-32-31-15-6-8-17-36(31)40(37(32)23-27)29-13-9-12-28(39)24-29/h2-24H,1H3. The van der Waals surface area contributed by atoms with E-state index in [0.29, 0.717) is 0 Å². The highest BCUT2D eigenvalue weighted by Gasteiger charge is 2.46. The van der Waals surface area contributed by atoms with Crippen LogP contribution in [0, 0.1) is 6.92 Å². The molecule has 1 atom stereocenters. The molecule has 2 heteroatoms. The van der Waals surface area contributed by atoms with Gasteiger partial charge in [-0.25, -0.2) is 0 Å². The van der Waals surface area contributed by atoms with E-state index in [-0.39, 0.29) is 0 Å². The van der Waals surface area contributed by atoms with Crippen molar-refractivity contribution in [2.45, 2.75) is 12.3 Å². The van der Waals surface area contributed by atoms with E-state index in [1.807, 2.05) is 0 Å². The highest BCUT2D eigenvalue weighted by molar-refractivity contribution is 9.10. The number of hydrogen-bond donors (Lipinski definition) is 0. The van der Waals surface area contributed by atoms with Gasteiger partial charge in [0.15, 0.2) is 0 Å². The molecule has 0 fully saturated rings. The molecule has 1 aliphatic rings. The molecule has 7 aromatic rings. The van der Waals surface area contributed by atoms with Gasteiger partial charge in [0.25, 0.3) is 0 Å². The monoisotopic (exact) mass is 575 g/mol. The average Bonchev–Trinajstić information content (AvgIpc) is 3.48. The number of rotatable bonds is 3. The minimum absolute atomic E-state index is 0.423. The zero-order valence-electron chi connectivity index (χ0n) is 22.1. The predicted octanol–water partition coefficient (Wildman–Crippen LogP) is 10.2. The van der Waals surface area contributed by atoms with Crippen LogP contribution in [-0.2, 0) is 5.41 Å². The summed E-state index contributed by atoms with van der Waals surface area (Å²) in [6, 6.07) is 51.4. The molecule has 0 amide bonds. The van der Waals surface area contributed by atoms with Gasteiger partial charge in [-0.15, -0.1) is 0 Å². The van der Waals surface area contributed by atoms with Crippen LogP contribution in [0.3, 0.4) is 0 Å². The lowest BCUT2D eigenvalue weighted by atomic mass is 9.67. The van der Waals surface area contributed by atoms with Crippen molar-refractivity contribution in [1.82, 2.24) is 4.57 Å². The Hall–Kier alpha value is -4.40. The maximum atomic E-state index is 3.71. The van der Waals surface area contributed by atoms with Crippen LogP contribution in [0.5, 0.6) is 0 Å². The molecule has 8 rings (SSSR count). The molecule has 1 nitrogen and oxygen atoms in total. The fourth-order valence-corrected chi connectivity index (χ4v) is 7.36. The van der Waals surface area contributed by atoms with Gasteiger partial charge in [-0.1, -0.05) is 131 Å². The number of halogens is 1. The molecule has 0 spiro atoms. The van der Waals surface area contributed by atoms with Crippen molar-refractivity contribution in [3.8, 4) is 16.8 Å². The van der Waals surface area contributed by atoms with Crippen LogP contribution < -0.4 is 0 Å². The van der Waals surface area contributed by atoms with Gasteiger partial charge in [0.1, 0.15) is 0 Å². The van der Waals surface area contributed by atoms with E-state index in [1.54, 1.807) is 0 Å². The second-order valence-electron chi connectivity index (χ2n) is 10.8. The summed E-state index contributed by atoms with van der Waals surface area (Å²) >= 11 is 3.71. The second kappa shape index (κ2) is 8.81. The Labute approximate surface area is 242 Å². The first kappa shape index (κ1) is 23.5. The molecule has 0 aliphatic heterocycles. The third-order valence-electron chi connectivity index (χ3n) is 8.58. The third-order valence-corrected chi connectivity index (χ3v) is 9.07. The molecule has 1 heterocycles. The summed E-state index contributed by atoms with van der Waals surface area (Å²) in [6.07, 6.45) is 0. The molecular weight excluding hydrogens is 550 g/mol. The smallest absolute Gasteiger partial charge is 0.0714 e. The topological polar surface area (TPSA) is 4.93 Å². The Morgan fingerprint density at radius 3 is 2.15 bits per heavy atom. The summed E-state index contributed by atoms with van der Waals surface area (Å²) in [7, 11) is 0. The highest BCUT2D eigenvalue weighted by Crippen LogP contribution is 2.56. The maximum absolute atomic E-state index is 3.71. The van der Waals surface area contributed by atoms with Gasteiger partial charge in [-0.05, 0) is 70.6 Å². The quantitative estimate of drug-likeness (QED) is 0.197. The minimum atomic E-state index is -0.423. The maximum Gasteiger partial charge on any atom is 0.0714 e. The van der Waals surface area contributed by atoms with Crippen molar-refractivity contribution in [2.75, 3.05) is 0 Å². The largest absolute Gasteiger partial charge is 0.309 e. The van der Waals surface area contributed by atoms with Gasteiger partial charge >= 0.3 is 0 Å². The van der Waals surface area contributed by atoms with Crippen molar-refractivity contribution in [2.24, 2.45) is 0 Å². The number of hydrogen-bond acceptors (Lipinski definition) is 0. The Balaban J connectivity index is 1.53. The van der Waals surface area contributed by atoms with Crippen molar-refractivity contribution >= 4 is 37.7 Å². The lowest BCUT2D eigenvalue weighted by Gasteiger charge is -2.34. The third kappa shape index (κ3) is 3.20. The summed E-state index contributed by atoms with van der Waals surface area (Å²) in [4.78, 5) is 0. The van der Waals surface area contributed by atoms with Gasteiger partial charge in [0.05, 0.1) is 16.4 Å².